The van der Waals surface area contributed by atoms with Gasteiger partial charge in [0.2, 0.25) is 10.0 Å². The number of hydrogen-bond donors (Lipinski definition) is 3. The first-order valence-corrected chi connectivity index (χ1v) is 7.61. The molecule has 106 valence electrons. The van der Waals surface area contributed by atoms with E-state index >= 15 is 0 Å². The Balaban J connectivity index is 2.08. The summed E-state index contributed by atoms with van der Waals surface area (Å²) in [6.07, 6.45) is 0. The minimum Gasteiger partial charge on any atom is -0.324 e. The van der Waals surface area contributed by atoms with E-state index in [1.165, 1.54) is 12.1 Å². The van der Waals surface area contributed by atoms with Crippen LogP contribution in [0.2, 0.25) is 0 Å². The Hall–Kier alpha value is -1.89. The highest BCUT2D eigenvalue weighted by Gasteiger charge is 2.13. The molecule has 2 aromatic rings. The van der Waals surface area contributed by atoms with Crippen LogP contribution >= 0.6 is 0 Å². The molecule has 0 fully saturated rings. The molecule has 0 aromatic heterocycles. The third kappa shape index (κ3) is 3.57. The summed E-state index contributed by atoms with van der Waals surface area (Å²) in [5.74, 6) is 5.24. The van der Waals surface area contributed by atoms with Crippen molar-refractivity contribution in [1.82, 2.24) is 4.72 Å². The molecule has 0 atom stereocenters. The van der Waals surface area contributed by atoms with Crippen molar-refractivity contribution in [2.45, 2.75) is 18.4 Å². The molecule has 6 heteroatoms. The van der Waals surface area contributed by atoms with Crippen LogP contribution in [0.5, 0.6) is 0 Å². The molecular weight excluding hydrogens is 274 g/mol. The molecule has 0 radical (unpaired) electrons. The summed E-state index contributed by atoms with van der Waals surface area (Å²) in [4.78, 5) is 0.212. The van der Waals surface area contributed by atoms with Crippen molar-refractivity contribution in [3.8, 4) is 0 Å². The van der Waals surface area contributed by atoms with Gasteiger partial charge in [-0.3, -0.25) is 5.84 Å². The van der Waals surface area contributed by atoms with E-state index in [1.54, 1.807) is 12.1 Å². The highest BCUT2D eigenvalue weighted by Crippen LogP contribution is 2.13. The molecule has 2 rings (SSSR count). The van der Waals surface area contributed by atoms with E-state index in [4.69, 9.17) is 5.84 Å². The predicted molar refractivity (Wildman–Crippen MR) is 79.5 cm³/mol. The number of anilines is 1. The molecule has 0 aliphatic carbocycles. The second-order valence-electron chi connectivity index (χ2n) is 4.48. The van der Waals surface area contributed by atoms with E-state index in [9.17, 15) is 8.42 Å². The van der Waals surface area contributed by atoms with Gasteiger partial charge in [0.05, 0.1) is 4.90 Å². The van der Waals surface area contributed by atoms with Gasteiger partial charge >= 0.3 is 0 Å². The fourth-order valence-electron chi connectivity index (χ4n) is 1.70. The van der Waals surface area contributed by atoms with Crippen LogP contribution < -0.4 is 16.0 Å². The maximum absolute atomic E-state index is 12.1. The molecule has 0 unspecified atom stereocenters. The topological polar surface area (TPSA) is 84.2 Å². The van der Waals surface area contributed by atoms with E-state index < -0.39 is 10.0 Å². The third-order valence-corrected chi connectivity index (χ3v) is 4.34. The summed E-state index contributed by atoms with van der Waals surface area (Å²) < 4.78 is 26.8. The van der Waals surface area contributed by atoms with Crippen molar-refractivity contribution in [2.24, 2.45) is 5.84 Å². The second-order valence-corrected chi connectivity index (χ2v) is 6.25. The van der Waals surface area contributed by atoms with E-state index in [0.29, 0.717) is 5.69 Å². The van der Waals surface area contributed by atoms with E-state index in [1.807, 2.05) is 31.2 Å². The highest BCUT2D eigenvalue weighted by atomic mass is 32.2. The van der Waals surface area contributed by atoms with Gasteiger partial charge in [-0.1, -0.05) is 29.8 Å². The molecule has 0 aliphatic heterocycles. The summed E-state index contributed by atoms with van der Waals surface area (Å²) >= 11 is 0. The summed E-state index contributed by atoms with van der Waals surface area (Å²) in [5, 5.41) is 0. The fourth-order valence-corrected chi connectivity index (χ4v) is 2.72. The van der Waals surface area contributed by atoms with Gasteiger partial charge in [0, 0.05) is 12.2 Å². The van der Waals surface area contributed by atoms with Crippen molar-refractivity contribution in [1.29, 1.82) is 0 Å². The Labute approximate surface area is 118 Å². The largest absolute Gasteiger partial charge is 0.324 e. The lowest BCUT2D eigenvalue weighted by Crippen LogP contribution is -2.23. The van der Waals surface area contributed by atoms with Crippen LogP contribution in [0.15, 0.2) is 53.4 Å². The monoisotopic (exact) mass is 291 g/mol. The first-order valence-electron chi connectivity index (χ1n) is 6.13. The lowest BCUT2D eigenvalue weighted by molar-refractivity contribution is 0.581. The van der Waals surface area contributed by atoms with Gasteiger partial charge in [-0.05, 0) is 36.8 Å². The number of hydrogen-bond acceptors (Lipinski definition) is 4. The van der Waals surface area contributed by atoms with Gasteiger partial charge in [-0.25, -0.2) is 13.1 Å². The molecule has 2 aromatic carbocycles. The number of nitrogens with two attached hydrogens (primary N) is 1. The van der Waals surface area contributed by atoms with Gasteiger partial charge in [-0.15, -0.1) is 0 Å². The smallest absolute Gasteiger partial charge is 0.240 e. The molecule has 0 saturated heterocycles. The predicted octanol–water partition coefficient (Wildman–Crippen LogP) is 1.76. The molecule has 0 heterocycles. The van der Waals surface area contributed by atoms with E-state index in [-0.39, 0.29) is 11.4 Å². The Morgan fingerprint density at radius 3 is 2.15 bits per heavy atom. The molecular formula is C14H17N3O2S. The number of hydrazine groups is 1. The molecule has 0 spiro atoms. The van der Waals surface area contributed by atoms with Crippen molar-refractivity contribution in [3.63, 3.8) is 0 Å². The molecule has 0 aliphatic rings. The van der Waals surface area contributed by atoms with Gasteiger partial charge in [-0.2, -0.15) is 0 Å². The maximum Gasteiger partial charge on any atom is 0.240 e. The van der Waals surface area contributed by atoms with Crippen LogP contribution in [0.4, 0.5) is 5.69 Å². The summed E-state index contributed by atoms with van der Waals surface area (Å²) in [6, 6.07) is 13.9. The quantitative estimate of drug-likeness (QED) is 0.579. The van der Waals surface area contributed by atoms with Crippen molar-refractivity contribution < 1.29 is 8.42 Å². The van der Waals surface area contributed by atoms with Crippen LogP contribution in [0.3, 0.4) is 0 Å². The standard InChI is InChI=1S/C14H17N3O2S/c1-11-2-4-12(5-3-11)10-16-20(18,19)14-8-6-13(17-15)7-9-14/h2-9,16-17H,10,15H2,1H3. The SMILES string of the molecule is Cc1ccc(CNS(=O)(=O)c2ccc(NN)cc2)cc1. The second kappa shape index (κ2) is 6.04. The maximum atomic E-state index is 12.1. The zero-order valence-corrected chi connectivity index (χ0v) is 11.9. The number of aryl methyl sites for hydroxylation is 1. The average molecular weight is 291 g/mol. The van der Waals surface area contributed by atoms with Crippen LogP contribution in [-0.4, -0.2) is 8.42 Å². The number of nitrogen functional groups attached to an aromatic ring is 1. The Bertz CT molecular complexity index is 665. The Kier molecular flexibility index (Phi) is 4.39. The van der Waals surface area contributed by atoms with Gasteiger partial charge < -0.3 is 5.43 Å². The van der Waals surface area contributed by atoms with Gasteiger partial charge in [0.15, 0.2) is 0 Å². The number of benzene rings is 2. The first-order chi connectivity index (χ1) is 9.51. The van der Waals surface area contributed by atoms with Crippen LogP contribution in [0.25, 0.3) is 0 Å². The Morgan fingerprint density at radius 2 is 1.60 bits per heavy atom. The Morgan fingerprint density at radius 1 is 1.00 bits per heavy atom. The van der Waals surface area contributed by atoms with E-state index in [0.717, 1.165) is 11.1 Å². The van der Waals surface area contributed by atoms with Crippen LogP contribution in [-0.2, 0) is 16.6 Å². The molecule has 0 bridgehead atoms. The average Bonchev–Trinajstić information content (AvgIpc) is 2.47. The van der Waals surface area contributed by atoms with Crippen molar-refractivity contribution in [2.75, 3.05) is 5.43 Å². The van der Waals surface area contributed by atoms with Crippen molar-refractivity contribution in [3.05, 3.63) is 59.7 Å². The fraction of sp³-hybridized carbons (Fsp3) is 0.143. The van der Waals surface area contributed by atoms with E-state index in [2.05, 4.69) is 10.1 Å². The first kappa shape index (κ1) is 14.5. The molecule has 20 heavy (non-hydrogen) atoms. The number of nitrogens with one attached hydrogen (secondary N) is 2. The zero-order valence-electron chi connectivity index (χ0n) is 11.1. The summed E-state index contributed by atoms with van der Waals surface area (Å²) in [5.41, 5.74) is 5.16. The third-order valence-electron chi connectivity index (χ3n) is 2.92. The van der Waals surface area contributed by atoms with Crippen LogP contribution in [0, 0.1) is 6.92 Å². The molecule has 4 N–H and O–H groups in total. The molecule has 0 amide bonds. The van der Waals surface area contributed by atoms with Crippen molar-refractivity contribution >= 4 is 15.7 Å². The minimum atomic E-state index is -3.51. The summed E-state index contributed by atoms with van der Waals surface area (Å²) in [6.45, 7) is 2.25. The van der Waals surface area contributed by atoms with Gasteiger partial charge in [0.1, 0.15) is 0 Å². The highest BCUT2D eigenvalue weighted by molar-refractivity contribution is 7.89. The summed E-state index contributed by atoms with van der Waals surface area (Å²) in [7, 11) is -3.51. The minimum absolute atomic E-state index is 0.212. The number of sulfonamides is 1. The lowest BCUT2D eigenvalue weighted by Gasteiger charge is -2.08. The lowest BCUT2D eigenvalue weighted by atomic mass is 10.2. The van der Waals surface area contributed by atoms with Gasteiger partial charge in [0.25, 0.3) is 0 Å². The zero-order chi connectivity index (χ0) is 14.6. The van der Waals surface area contributed by atoms with Crippen LogP contribution in [0.1, 0.15) is 11.1 Å². The molecule has 0 saturated carbocycles. The normalized spacial score (nSPS) is 11.3. The number of rotatable bonds is 5. The molecule has 5 nitrogen and oxygen atoms in total.